The number of quaternary nitrogens is 1. The Morgan fingerprint density at radius 3 is 1.50 bits per heavy atom. The third-order valence-corrected chi connectivity index (χ3v) is 10.3. The molecule has 0 saturated carbocycles. The van der Waals surface area contributed by atoms with E-state index in [0.717, 1.165) is 44.9 Å². The largest absolute Gasteiger partial charge is 0.756 e. The van der Waals surface area contributed by atoms with Gasteiger partial charge in [0.1, 0.15) is 19.8 Å². The van der Waals surface area contributed by atoms with Crippen LogP contribution in [0.2, 0.25) is 0 Å². The van der Waals surface area contributed by atoms with Crippen LogP contribution in [-0.2, 0) is 32.7 Å². The summed E-state index contributed by atoms with van der Waals surface area (Å²) in [6.45, 7) is 4.13. The average molecular weight is 810 g/mol. The number of allylic oxidation sites excluding steroid dienone is 8. The molecule has 0 aliphatic rings. The molecule has 0 fully saturated rings. The molecule has 0 saturated heterocycles. The van der Waals surface area contributed by atoms with Crippen molar-refractivity contribution in [1.82, 2.24) is 0 Å². The van der Waals surface area contributed by atoms with Crippen molar-refractivity contribution in [2.45, 2.75) is 187 Å². The number of carbonyl (C=O) groups is 2. The maximum absolute atomic E-state index is 12.7. The molecular weight excluding hydrogens is 725 g/mol. The first-order chi connectivity index (χ1) is 27.0. The Bertz CT molecular complexity index is 1100. The number of rotatable bonds is 40. The fourth-order valence-electron chi connectivity index (χ4n) is 5.78. The summed E-state index contributed by atoms with van der Waals surface area (Å²) in [5, 5.41) is 0. The number of phosphoric acid groups is 1. The topological polar surface area (TPSA) is 111 Å². The Morgan fingerprint density at radius 1 is 0.554 bits per heavy atom. The average Bonchev–Trinajstić information content (AvgIpc) is 3.15. The molecule has 0 aromatic carbocycles. The second kappa shape index (κ2) is 38.5. The van der Waals surface area contributed by atoms with E-state index in [-0.39, 0.29) is 26.1 Å². The molecule has 0 spiro atoms. The Hall–Kier alpha value is -2.03. The van der Waals surface area contributed by atoms with Gasteiger partial charge < -0.3 is 27.9 Å². The summed E-state index contributed by atoms with van der Waals surface area (Å²) in [5.74, 6) is -0.922. The normalized spacial score (nSPS) is 14.0. The van der Waals surface area contributed by atoms with Crippen LogP contribution in [0.4, 0.5) is 0 Å². The van der Waals surface area contributed by atoms with Gasteiger partial charge in [0.2, 0.25) is 0 Å². The van der Waals surface area contributed by atoms with E-state index in [2.05, 4.69) is 62.5 Å². The predicted molar refractivity (Wildman–Crippen MR) is 231 cm³/mol. The number of nitrogens with zero attached hydrogens (tertiary/aromatic N) is 1. The van der Waals surface area contributed by atoms with Crippen molar-refractivity contribution in [2.75, 3.05) is 47.5 Å². The smallest absolute Gasteiger partial charge is 0.306 e. The van der Waals surface area contributed by atoms with Gasteiger partial charge in [-0.2, -0.15) is 0 Å². The molecule has 0 N–H and O–H groups in total. The van der Waals surface area contributed by atoms with Crippen LogP contribution >= 0.6 is 7.82 Å². The highest BCUT2D eigenvalue weighted by Crippen LogP contribution is 2.38. The van der Waals surface area contributed by atoms with Gasteiger partial charge in [-0.25, -0.2) is 0 Å². The maximum atomic E-state index is 12.7. The summed E-state index contributed by atoms with van der Waals surface area (Å²) < 4.78 is 33.8. The van der Waals surface area contributed by atoms with Crippen LogP contribution < -0.4 is 4.89 Å². The zero-order valence-corrected chi connectivity index (χ0v) is 37.5. The summed E-state index contributed by atoms with van der Waals surface area (Å²) in [5.41, 5.74) is 0. The first-order valence-electron chi connectivity index (χ1n) is 22.3. The zero-order chi connectivity index (χ0) is 41.4. The van der Waals surface area contributed by atoms with Crippen molar-refractivity contribution in [1.29, 1.82) is 0 Å². The van der Waals surface area contributed by atoms with E-state index < -0.39 is 32.5 Å². The first-order valence-corrected chi connectivity index (χ1v) is 23.8. The van der Waals surface area contributed by atoms with E-state index in [1.165, 1.54) is 96.3 Å². The van der Waals surface area contributed by atoms with E-state index >= 15 is 0 Å². The van der Waals surface area contributed by atoms with Gasteiger partial charge in [-0.3, -0.25) is 14.2 Å². The second-order valence-corrected chi connectivity index (χ2v) is 17.5. The predicted octanol–water partition coefficient (Wildman–Crippen LogP) is 12.1. The molecule has 2 atom stereocenters. The molecule has 0 bridgehead atoms. The van der Waals surface area contributed by atoms with E-state index in [0.29, 0.717) is 23.9 Å². The van der Waals surface area contributed by atoms with Gasteiger partial charge in [-0.05, 0) is 70.6 Å². The molecule has 9 nitrogen and oxygen atoms in total. The van der Waals surface area contributed by atoms with Gasteiger partial charge in [-0.15, -0.1) is 0 Å². The van der Waals surface area contributed by atoms with Gasteiger partial charge in [-0.1, -0.05) is 146 Å². The molecule has 0 aromatic heterocycles. The van der Waals surface area contributed by atoms with Gasteiger partial charge >= 0.3 is 11.9 Å². The summed E-state index contributed by atoms with van der Waals surface area (Å²) in [6.07, 6.45) is 44.4. The van der Waals surface area contributed by atoms with Crippen molar-refractivity contribution < 1.29 is 42.1 Å². The number of hydrogen-bond donors (Lipinski definition) is 0. The van der Waals surface area contributed by atoms with E-state index in [1.807, 2.05) is 21.1 Å². The highest BCUT2D eigenvalue weighted by molar-refractivity contribution is 7.45. The molecule has 326 valence electrons. The van der Waals surface area contributed by atoms with Crippen LogP contribution in [0.1, 0.15) is 181 Å². The Balaban J connectivity index is 4.47. The van der Waals surface area contributed by atoms with E-state index in [4.69, 9.17) is 18.5 Å². The number of esters is 2. The van der Waals surface area contributed by atoms with Gasteiger partial charge in [0.25, 0.3) is 7.82 Å². The minimum atomic E-state index is -4.64. The number of likely N-dealkylation sites (N-methyl/N-ethyl adjacent to an activating group) is 1. The molecule has 0 aromatic rings. The molecule has 0 aliphatic heterocycles. The van der Waals surface area contributed by atoms with Crippen molar-refractivity contribution in [3.8, 4) is 0 Å². The van der Waals surface area contributed by atoms with Crippen LogP contribution in [0.15, 0.2) is 48.6 Å². The molecule has 1 unspecified atom stereocenters. The summed E-state index contributed by atoms with van der Waals surface area (Å²) in [4.78, 5) is 37.5. The lowest BCUT2D eigenvalue weighted by molar-refractivity contribution is -0.870. The van der Waals surface area contributed by atoms with Crippen LogP contribution in [0.25, 0.3) is 0 Å². The lowest BCUT2D eigenvalue weighted by atomic mass is 10.1. The van der Waals surface area contributed by atoms with Crippen molar-refractivity contribution in [3.05, 3.63) is 48.6 Å². The monoisotopic (exact) mass is 810 g/mol. The first kappa shape index (κ1) is 54.0. The second-order valence-electron chi connectivity index (χ2n) is 16.1. The van der Waals surface area contributed by atoms with Crippen LogP contribution in [-0.4, -0.2) is 70.0 Å². The molecular formula is C46H84NO8P. The Morgan fingerprint density at radius 2 is 0.982 bits per heavy atom. The number of ether oxygens (including phenoxy) is 2. The Kier molecular flexibility index (Phi) is 37.1. The number of phosphoric ester groups is 1. The molecule has 0 amide bonds. The maximum Gasteiger partial charge on any atom is 0.306 e. The summed E-state index contributed by atoms with van der Waals surface area (Å²) >= 11 is 0. The van der Waals surface area contributed by atoms with Gasteiger partial charge in [0.05, 0.1) is 27.7 Å². The standard InChI is InChI=1S/C46H84NO8P/c1-6-8-10-12-14-16-18-20-22-23-25-26-28-30-32-34-36-38-45(48)52-42-44(43-54-56(50,51)53-41-40-47(3,4)5)55-46(49)39-37-35-33-31-29-27-24-21-19-17-15-13-11-9-7-2/h20,22,25-26,29-32,44H,6-19,21,23-24,27-28,33-43H2,1-5H3/b22-20+,26-25+,31-29+,32-30+/t44-/m1/s1. The van der Waals surface area contributed by atoms with Gasteiger partial charge in [0, 0.05) is 12.8 Å². The molecule has 56 heavy (non-hydrogen) atoms. The summed E-state index contributed by atoms with van der Waals surface area (Å²) in [6, 6.07) is 0. The van der Waals surface area contributed by atoms with E-state index in [1.54, 1.807) is 0 Å². The lowest BCUT2D eigenvalue weighted by Crippen LogP contribution is -2.37. The fourth-order valence-corrected chi connectivity index (χ4v) is 6.51. The zero-order valence-electron chi connectivity index (χ0n) is 36.6. The highest BCUT2D eigenvalue weighted by atomic mass is 31.2. The SMILES string of the molecule is CCCCCCCC/C=C/C/C=C/C/C=C/CCCC(=O)OC[C@H](COP(=O)([O-])OCC[N+](C)(C)C)OC(=O)CCCC/C=C/CCCCCCCCCCC. The van der Waals surface area contributed by atoms with Crippen molar-refractivity contribution >= 4 is 19.8 Å². The third-order valence-electron chi connectivity index (χ3n) is 9.32. The Labute approximate surface area is 343 Å². The van der Waals surface area contributed by atoms with Crippen LogP contribution in [0.3, 0.4) is 0 Å². The molecule has 0 rings (SSSR count). The lowest BCUT2D eigenvalue weighted by Gasteiger charge is -2.28. The number of hydrogen-bond acceptors (Lipinski definition) is 8. The van der Waals surface area contributed by atoms with Crippen molar-refractivity contribution in [3.63, 3.8) is 0 Å². The minimum absolute atomic E-state index is 0.0429. The number of unbranched alkanes of at least 4 members (excludes halogenated alkanes) is 18. The summed E-state index contributed by atoms with van der Waals surface area (Å²) in [7, 11) is 1.12. The molecule has 0 aliphatic carbocycles. The fraction of sp³-hybridized carbons (Fsp3) is 0.783. The highest BCUT2D eigenvalue weighted by Gasteiger charge is 2.21. The quantitative estimate of drug-likeness (QED) is 0.0198. The molecule has 0 heterocycles. The molecule has 10 heteroatoms. The van der Waals surface area contributed by atoms with Crippen LogP contribution in [0, 0.1) is 0 Å². The minimum Gasteiger partial charge on any atom is -0.756 e. The van der Waals surface area contributed by atoms with Crippen molar-refractivity contribution in [2.24, 2.45) is 0 Å². The number of carbonyl (C=O) groups excluding carboxylic acids is 2. The van der Waals surface area contributed by atoms with Crippen LogP contribution in [0.5, 0.6) is 0 Å². The molecule has 0 radical (unpaired) electrons. The third kappa shape index (κ3) is 41.6. The van der Waals surface area contributed by atoms with Gasteiger partial charge in [0.15, 0.2) is 6.10 Å². The van der Waals surface area contributed by atoms with E-state index in [9.17, 15) is 19.0 Å².